The van der Waals surface area contributed by atoms with Gasteiger partial charge in [0.05, 0.1) is 0 Å². The minimum absolute atomic E-state index is 0.0596. The largest absolute Gasteiger partial charge is 0.385 e. The minimum atomic E-state index is -4.75. The number of amides is 1. The van der Waals surface area contributed by atoms with Gasteiger partial charge in [0.25, 0.3) is 0 Å². The molecule has 1 aromatic heterocycles. The van der Waals surface area contributed by atoms with E-state index in [0.717, 1.165) is 4.90 Å². The lowest BCUT2D eigenvalue weighted by atomic mass is 10.4. The van der Waals surface area contributed by atoms with Crippen molar-refractivity contribution < 1.29 is 17.1 Å². The second kappa shape index (κ2) is 4.28. The minimum Gasteiger partial charge on any atom is -0.385 e. The van der Waals surface area contributed by atoms with Crippen LogP contribution in [0.4, 0.5) is 15.5 Å². The molecular weight excluding hydrogens is 283 g/mol. The Morgan fingerprint density at radius 2 is 2.28 bits per heavy atom. The van der Waals surface area contributed by atoms with Crippen molar-refractivity contribution in [3.05, 3.63) is 10.8 Å². The van der Waals surface area contributed by atoms with E-state index in [0.29, 0.717) is 0 Å². The van der Waals surface area contributed by atoms with Crippen LogP contribution in [0, 0.1) is 4.77 Å². The fourth-order valence-corrected chi connectivity index (χ4v) is 2.57. The van der Waals surface area contributed by atoms with E-state index in [4.69, 9.17) is 18.0 Å². The molecule has 1 atom stereocenters. The van der Waals surface area contributed by atoms with Gasteiger partial charge in [-0.05, 0) is 12.2 Å². The van der Waals surface area contributed by atoms with E-state index in [1.54, 1.807) is 0 Å². The fraction of sp³-hybridized carbons (Fsp3) is 0.375. The van der Waals surface area contributed by atoms with Crippen LogP contribution in [0.15, 0.2) is 6.07 Å². The van der Waals surface area contributed by atoms with Crippen molar-refractivity contribution in [2.24, 2.45) is 0 Å². The van der Waals surface area contributed by atoms with Crippen molar-refractivity contribution in [1.29, 1.82) is 0 Å². The van der Waals surface area contributed by atoms with Crippen LogP contribution >= 0.6 is 12.2 Å². The Morgan fingerprint density at radius 1 is 1.61 bits per heavy atom. The van der Waals surface area contributed by atoms with Crippen LogP contribution in [0.25, 0.3) is 0 Å². The maximum Gasteiger partial charge on any atom is 0.307 e. The van der Waals surface area contributed by atoms with Crippen LogP contribution in [-0.2, 0) is 15.0 Å². The standard InChI is InChI=1S/C8H9FN4O3S2/c9-18(15,16)4-1-7(14)13(3-4)6-2-5(10)11-8(17)12-6/h2,4H,1,3H2,(H3,10,11,12,17). The first-order valence-corrected chi connectivity index (χ1v) is 6.73. The average molecular weight is 292 g/mol. The molecular formula is C8H9FN4O3S2. The molecule has 1 saturated heterocycles. The number of aromatic nitrogens is 2. The summed E-state index contributed by atoms with van der Waals surface area (Å²) < 4.78 is 34.4. The first-order valence-electron chi connectivity index (χ1n) is 4.88. The Kier molecular flexibility index (Phi) is 3.07. The van der Waals surface area contributed by atoms with Gasteiger partial charge in [0.15, 0.2) is 4.77 Å². The summed E-state index contributed by atoms with van der Waals surface area (Å²) in [4.78, 5) is 19.1. The highest BCUT2D eigenvalue weighted by atomic mass is 32.3. The van der Waals surface area contributed by atoms with E-state index in [1.165, 1.54) is 6.07 Å². The molecule has 1 amide bonds. The van der Waals surface area contributed by atoms with Crippen molar-refractivity contribution in [3.63, 3.8) is 0 Å². The first-order chi connectivity index (χ1) is 8.27. The van der Waals surface area contributed by atoms with Gasteiger partial charge >= 0.3 is 10.2 Å². The molecule has 0 aliphatic carbocycles. The SMILES string of the molecule is Nc1cc(N2CC(S(=O)(=O)F)CC2=O)nc(=S)[nH]1. The number of hydrogen-bond acceptors (Lipinski definition) is 6. The number of nitrogens with one attached hydrogen (secondary N) is 1. The van der Waals surface area contributed by atoms with Gasteiger partial charge in [-0.15, -0.1) is 3.89 Å². The second-order valence-electron chi connectivity index (χ2n) is 3.81. The zero-order valence-electron chi connectivity index (χ0n) is 8.96. The molecule has 0 bridgehead atoms. The highest BCUT2D eigenvalue weighted by molar-refractivity contribution is 7.87. The molecule has 10 heteroatoms. The predicted octanol–water partition coefficient (Wildman–Crippen LogP) is 0.126. The molecule has 0 radical (unpaired) electrons. The van der Waals surface area contributed by atoms with Gasteiger partial charge in [-0.2, -0.15) is 8.42 Å². The molecule has 2 heterocycles. The highest BCUT2D eigenvalue weighted by Crippen LogP contribution is 2.24. The van der Waals surface area contributed by atoms with E-state index >= 15 is 0 Å². The van der Waals surface area contributed by atoms with Gasteiger partial charge in [-0.1, -0.05) is 0 Å². The molecule has 98 valence electrons. The van der Waals surface area contributed by atoms with E-state index in [2.05, 4.69) is 9.97 Å². The average Bonchev–Trinajstić information content (AvgIpc) is 2.58. The maximum atomic E-state index is 12.8. The summed E-state index contributed by atoms with van der Waals surface area (Å²) in [5, 5.41) is -1.37. The topological polar surface area (TPSA) is 109 Å². The maximum absolute atomic E-state index is 12.8. The number of anilines is 2. The van der Waals surface area contributed by atoms with Crippen LogP contribution in [0.5, 0.6) is 0 Å². The van der Waals surface area contributed by atoms with Crippen LogP contribution in [-0.4, -0.2) is 36.1 Å². The summed E-state index contributed by atoms with van der Waals surface area (Å²) in [7, 11) is -4.75. The van der Waals surface area contributed by atoms with Crippen molar-refractivity contribution in [2.75, 3.05) is 17.2 Å². The lowest BCUT2D eigenvalue weighted by molar-refractivity contribution is -0.117. The molecule has 3 N–H and O–H groups in total. The quantitative estimate of drug-likeness (QED) is 0.592. The number of carbonyl (C=O) groups excluding carboxylic acids is 1. The Hall–Kier alpha value is -1.55. The molecule has 1 aliphatic rings. The monoisotopic (exact) mass is 292 g/mol. The number of H-pyrrole nitrogens is 1. The Balaban J connectivity index is 2.35. The summed E-state index contributed by atoms with van der Waals surface area (Å²) in [5.41, 5.74) is 5.50. The van der Waals surface area contributed by atoms with E-state index < -0.39 is 27.8 Å². The number of halogens is 1. The first kappa shape index (κ1) is 12.9. The van der Waals surface area contributed by atoms with Gasteiger partial charge in [0.2, 0.25) is 5.91 Å². The molecule has 0 saturated carbocycles. The van der Waals surface area contributed by atoms with Gasteiger partial charge in [-0.3, -0.25) is 9.69 Å². The predicted molar refractivity (Wildman–Crippen MR) is 64.6 cm³/mol. The Morgan fingerprint density at radius 3 is 2.78 bits per heavy atom. The lowest BCUT2D eigenvalue weighted by Gasteiger charge is -2.14. The number of nitrogens with two attached hydrogens (primary N) is 1. The smallest absolute Gasteiger partial charge is 0.307 e. The van der Waals surface area contributed by atoms with Gasteiger partial charge in [0.1, 0.15) is 16.9 Å². The second-order valence-corrected chi connectivity index (χ2v) is 5.81. The zero-order valence-corrected chi connectivity index (χ0v) is 10.6. The third-order valence-corrected chi connectivity index (χ3v) is 3.82. The molecule has 7 nitrogen and oxygen atoms in total. The lowest BCUT2D eigenvalue weighted by Crippen LogP contribution is -2.28. The Labute approximate surface area is 107 Å². The van der Waals surface area contributed by atoms with Crippen molar-refractivity contribution in [1.82, 2.24) is 9.97 Å². The summed E-state index contributed by atoms with van der Waals surface area (Å²) in [6, 6.07) is 1.33. The van der Waals surface area contributed by atoms with E-state index in [1.807, 2.05) is 0 Å². The molecule has 1 unspecified atom stereocenters. The fourth-order valence-electron chi connectivity index (χ4n) is 1.69. The van der Waals surface area contributed by atoms with Gasteiger partial charge in [0, 0.05) is 19.0 Å². The zero-order chi connectivity index (χ0) is 13.5. The van der Waals surface area contributed by atoms with Crippen molar-refractivity contribution in [3.8, 4) is 0 Å². The third kappa shape index (κ3) is 2.48. The molecule has 2 rings (SSSR count). The van der Waals surface area contributed by atoms with Crippen molar-refractivity contribution >= 4 is 40.0 Å². The van der Waals surface area contributed by atoms with Crippen LogP contribution in [0.1, 0.15) is 6.42 Å². The van der Waals surface area contributed by atoms with Gasteiger partial charge in [-0.25, -0.2) is 4.98 Å². The summed E-state index contributed by atoms with van der Waals surface area (Å²) in [6.07, 6.45) is -0.411. The number of hydrogen-bond donors (Lipinski definition) is 2. The highest BCUT2D eigenvalue weighted by Gasteiger charge is 2.39. The molecule has 1 fully saturated rings. The van der Waals surface area contributed by atoms with E-state index in [9.17, 15) is 17.1 Å². The van der Waals surface area contributed by atoms with E-state index in [-0.39, 0.29) is 23.0 Å². The summed E-state index contributed by atoms with van der Waals surface area (Å²) in [6.45, 7) is -0.289. The molecule has 1 aromatic rings. The third-order valence-electron chi connectivity index (χ3n) is 2.52. The van der Waals surface area contributed by atoms with Crippen LogP contribution < -0.4 is 10.6 Å². The molecule has 0 aromatic carbocycles. The molecule has 18 heavy (non-hydrogen) atoms. The summed E-state index contributed by atoms with van der Waals surface area (Å²) >= 11 is 4.79. The number of nitrogens with zero attached hydrogens (tertiary/aromatic N) is 2. The van der Waals surface area contributed by atoms with Crippen LogP contribution in [0.2, 0.25) is 0 Å². The number of carbonyl (C=O) groups is 1. The number of nitrogen functional groups attached to an aromatic ring is 1. The van der Waals surface area contributed by atoms with Crippen molar-refractivity contribution in [2.45, 2.75) is 11.7 Å². The van der Waals surface area contributed by atoms with Crippen LogP contribution in [0.3, 0.4) is 0 Å². The Bertz CT molecular complexity index is 657. The van der Waals surface area contributed by atoms with Gasteiger partial charge < -0.3 is 10.7 Å². The normalized spacial score (nSPS) is 20.4. The number of rotatable bonds is 2. The molecule has 1 aliphatic heterocycles. The summed E-state index contributed by atoms with van der Waals surface area (Å²) in [5.74, 6) is -0.231. The molecule has 0 spiro atoms. The number of aromatic amines is 1.